The quantitative estimate of drug-likeness (QED) is 0.184. The smallest absolute Gasteiger partial charge is 0.326 e. The number of rotatable bonds is 15. The molecule has 0 spiro atoms. The van der Waals surface area contributed by atoms with E-state index in [1.807, 2.05) is 20.1 Å². The molecule has 1 aliphatic rings. The van der Waals surface area contributed by atoms with Crippen molar-refractivity contribution in [1.29, 1.82) is 0 Å². The highest BCUT2D eigenvalue weighted by molar-refractivity contribution is 7.98. The van der Waals surface area contributed by atoms with Crippen LogP contribution in [-0.2, 0) is 24.0 Å². The minimum atomic E-state index is -1.39. The van der Waals surface area contributed by atoms with Gasteiger partial charge in [-0.2, -0.15) is 11.8 Å². The molecule has 1 rings (SSSR count). The summed E-state index contributed by atoms with van der Waals surface area (Å²) in [6.45, 7) is 4.46. The topological polar surface area (TPSA) is 174 Å². The largest absolute Gasteiger partial charge is 0.481 e. The number of aliphatic carboxylic acids is 2. The molecule has 5 unspecified atom stereocenters. The van der Waals surface area contributed by atoms with Crippen LogP contribution >= 0.6 is 11.8 Å². The Labute approximate surface area is 198 Å². The first-order valence-corrected chi connectivity index (χ1v) is 12.6. The lowest BCUT2D eigenvalue weighted by atomic mass is 9.97. The lowest BCUT2D eigenvalue weighted by molar-refractivity contribution is -0.143. The molecule has 188 valence electrons. The van der Waals surface area contributed by atoms with Gasteiger partial charge in [-0.1, -0.05) is 20.3 Å². The van der Waals surface area contributed by atoms with E-state index in [9.17, 15) is 29.1 Å². The van der Waals surface area contributed by atoms with Gasteiger partial charge in [0.25, 0.3) is 0 Å². The Balaban J connectivity index is 2.91. The zero-order valence-electron chi connectivity index (χ0n) is 19.4. The third-order valence-corrected chi connectivity index (χ3v) is 6.32. The van der Waals surface area contributed by atoms with Gasteiger partial charge in [0.05, 0.1) is 6.04 Å². The Morgan fingerprint density at radius 1 is 1.03 bits per heavy atom. The number of carbonyl (C=O) groups excluding carboxylic acids is 3. The molecule has 12 heteroatoms. The molecule has 0 bridgehead atoms. The van der Waals surface area contributed by atoms with Gasteiger partial charge in [-0.3, -0.25) is 19.2 Å². The minimum absolute atomic E-state index is 0.193. The highest BCUT2D eigenvalue weighted by atomic mass is 32.2. The molecular weight excluding hydrogens is 452 g/mol. The lowest BCUT2D eigenvalue weighted by Crippen LogP contribution is -2.58. The number of hydrogen-bond donors (Lipinski definition) is 6. The van der Waals surface area contributed by atoms with Crippen molar-refractivity contribution >= 4 is 41.4 Å². The summed E-state index contributed by atoms with van der Waals surface area (Å²) >= 11 is 1.46. The lowest BCUT2D eigenvalue weighted by Gasteiger charge is -2.28. The maximum absolute atomic E-state index is 13.1. The fourth-order valence-corrected chi connectivity index (χ4v) is 3.90. The number of nitrogens with one attached hydrogen (secondary N) is 4. The molecule has 5 atom stereocenters. The minimum Gasteiger partial charge on any atom is -0.481 e. The predicted molar refractivity (Wildman–Crippen MR) is 124 cm³/mol. The molecule has 33 heavy (non-hydrogen) atoms. The van der Waals surface area contributed by atoms with Crippen molar-refractivity contribution in [3.05, 3.63) is 0 Å². The summed E-state index contributed by atoms with van der Waals surface area (Å²) in [6, 6.07) is -3.62. The van der Waals surface area contributed by atoms with E-state index in [2.05, 4.69) is 21.3 Å². The number of carbonyl (C=O) groups is 5. The van der Waals surface area contributed by atoms with Gasteiger partial charge in [-0.25, -0.2) is 4.79 Å². The average molecular weight is 489 g/mol. The molecule has 0 aromatic heterocycles. The maximum Gasteiger partial charge on any atom is 0.326 e. The van der Waals surface area contributed by atoms with Crippen molar-refractivity contribution in [2.75, 3.05) is 18.6 Å². The molecule has 0 aliphatic carbocycles. The van der Waals surface area contributed by atoms with Gasteiger partial charge >= 0.3 is 11.9 Å². The van der Waals surface area contributed by atoms with Gasteiger partial charge in [0.2, 0.25) is 17.7 Å². The van der Waals surface area contributed by atoms with Crippen LogP contribution in [0.15, 0.2) is 0 Å². The van der Waals surface area contributed by atoms with Gasteiger partial charge in [0.1, 0.15) is 18.1 Å². The van der Waals surface area contributed by atoms with Crippen molar-refractivity contribution < 1.29 is 34.2 Å². The fraction of sp³-hybridized carbons (Fsp3) is 0.762. The van der Waals surface area contributed by atoms with Gasteiger partial charge in [-0.15, -0.1) is 0 Å². The average Bonchev–Trinajstić information content (AvgIpc) is 3.31. The van der Waals surface area contributed by atoms with Crippen LogP contribution in [0.1, 0.15) is 52.4 Å². The van der Waals surface area contributed by atoms with E-state index in [1.54, 1.807) is 0 Å². The zero-order valence-corrected chi connectivity index (χ0v) is 20.2. The van der Waals surface area contributed by atoms with Crippen LogP contribution in [0.5, 0.6) is 0 Å². The summed E-state index contributed by atoms with van der Waals surface area (Å²) in [7, 11) is 0. The fourth-order valence-electron chi connectivity index (χ4n) is 3.43. The molecule has 11 nitrogen and oxygen atoms in total. The first-order chi connectivity index (χ1) is 15.6. The molecule has 1 aliphatic heterocycles. The van der Waals surface area contributed by atoms with Gasteiger partial charge in [0.15, 0.2) is 0 Å². The Hall–Kier alpha value is -2.34. The van der Waals surface area contributed by atoms with Crippen LogP contribution in [0.25, 0.3) is 0 Å². The monoisotopic (exact) mass is 488 g/mol. The molecular formula is C21H36N4O7S. The first-order valence-electron chi connectivity index (χ1n) is 11.2. The van der Waals surface area contributed by atoms with Gasteiger partial charge in [0, 0.05) is 6.42 Å². The van der Waals surface area contributed by atoms with E-state index in [-0.39, 0.29) is 30.7 Å². The molecule has 0 aromatic carbocycles. The second kappa shape index (κ2) is 14.7. The first kappa shape index (κ1) is 28.7. The van der Waals surface area contributed by atoms with Gasteiger partial charge in [-0.05, 0) is 50.2 Å². The number of carboxylic acid groups (broad SMARTS) is 2. The van der Waals surface area contributed by atoms with Crippen LogP contribution in [0.3, 0.4) is 0 Å². The van der Waals surface area contributed by atoms with Crippen LogP contribution in [-0.4, -0.2) is 82.6 Å². The SMILES string of the molecule is CCC(C)C(NC(=O)C1CCCN1)C(=O)NC(CCSC)C(=O)NC(CCC(=O)O)C(=O)O. The van der Waals surface area contributed by atoms with Crippen molar-refractivity contribution in [3.8, 4) is 0 Å². The van der Waals surface area contributed by atoms with Crippen molar-refractivity contribution in [1.82, 2.24) is 21.3 Å². The van der Waals surface area contributed by atoms with Crippen molar-refractivity contribution in [2.45, 2.75) is 76.5 Å². The number of thioether (sulfide) groups is 1. The van der Waals surface area contributed by atoms with Crippen LogP contribution in [0.2, 0.25) is 0 Å². The summed E-state index contributed by atoms with van der Waals surface area (Å²) in [4.78, 5) is 60.7. The van der Waals surface area contributed by atoms with E-state index in [1.165, 1.54) is 11.8 Å². The number of amides is 3. The second-order valence-electron chi connectivity index (χ2n) is 8.20. The normalized spacial score (nSPS) is 19.1. The number of hydrogen-bond acceptors (Lipinski definition) is 7. The van der Waals surface area contributed by atoms with E-state index >= 15 is 0 Å². The third-order valence-electron chi connectivity index (χ3n) is 5.68. The molecule has 0 radical (unpaired) electrons. The second-order valence-corrected chi connectivity index (χ2v) is 9.18. The van der Waals surface area contributed by atoms with Crippen LogP contribution in [0, 0.1) is 5.92 Å². The molecule has 1 fully saturated rings. The van der Waals surface area contributed by atoms with Crippen molar-refractivity contribution in [2.24, 2.45) is 5.92 Å². The Kier molecular flexibility index (Phi) is 12.8. The molecule has 1 saturated heterocycles. The van der Waals surface area contributed by atoms with Crippen LogP contribution < -0.4 is 21.3 Å². The highest BCUT2D eigenvalue weighted by Gasteiger charge is 2.33. The summed E-state index contributed by atoms with van der Waals surface area (Å²) in [6.07, 6.45) is 3.56. The third kappa shape index (κ3) is 9.99. The Morgan fingerprint density at radius 2 is 1.70 bits per heavy atom. The molecule has 1 heterocycles. The molecule has 3 amide bonds. The van der Waals surface area contributed by atoms with Gasteiger partial charge < -0.3 is 31.5 Å². The molecule has 0 aromatic rings. The predicted octanol–water partition coefficient (Wildman–Crippen LogP) is -0.0586. The standard InChI is InChI=1S/C21H36N4O7S/c1-4-12(2)17(25-18(28)13-6-5-10-22-13)20(30)23-14(9-11-33-3)19(29)24-15(21(31)32)7-8-16(26)27/h12-15,17,22H,4-11H2,1-3H3,(H,23,30)(H,24,29)(H,25,28)(H,26,27)(H,31,32). The van der Waals surface area contributed by atoms with E-state index < -0.39 is 48.3 Å². The summed E-state index contributed by atoms with van der Waals surface area (Å²) in [5, 5.41) is 29.0. The number of carboxylic acids is 2. The molecule has 6 N–H and O–H groups in total. The molecule has 0 saturated carbocycles. The highest BCUT2D eigenvalue weighted by Crippen LogP contribution is 2.12. The summed E-state index contributed by atoms with van der Waals surface area (Å²) < 4.78 is 0. The van der Waals surface area contributed by atoms with E-state index in [0.717, 1.165) is 13.0 Å². The summed E-state index contributed by atoms with van der Waals surface area (Å²) in [5.74, 6) is -3.69. The van der Waals surface area contributed by atoms with Crippen LogP contribution in [0.4, 0.5) is 0 Å². The van der Waals surface area contributed by atoms with Crippen molar-refractivity contribution in [3.63, 3.8) is 0 Å². The van der Waals surface area contributed by atoms with E-state index in [4.69, 9.17) is 5.11 Å². The Bertz CT molecular complexity index is 700. The maximum atomic E-state index is 13.1. The summed E-state index contributed by atoms with van der Waals surface area (Å²) in [5.41, 5.74) is 0. The zero-order chi connectivity index (χ0) is 25.0. The van der Waals surface area contributed by atoms with E-state index in [0.29, 0.717) is 18.6 Å². The Morgan fingerprint density at radius 3 is 2.21 bits per heavy atom.